The Morgan fingerprint density at radius 1 is 1.10 bits per heavy atom. The molecule has 4 rings (SSSR count). The van der Waals surface area contributed by atoms with Crippen LogP contribution in [-0.4, -0.2) is 44.8 Å². The summed E-state index contributed by atoms with van der Waals surface area (Å²) < 4.78 is 28.5. The molecule has 0 saturated carbocycles. The molecule has 2 aliphatic heterocycles. The number of anilines is 1. The molecule has 2 fully saturated rings. The molecule has 168 valence electrons. The Kier molecular flexibility index (Phi) is 6.99. The van der Waals surface area contributed by atoms with Crippen LogP contribution in [0.4, 0.5) is 5.69 Å². The van der Waals surface area contributed by atoms with Crippen molar-refractivity contribution in [3.63, 3.8) is 0 Å². The van der Waals surface area contributed by atoms with Crippen LogP contribution >= 0.6 is 11.3 Å². The molecule has 2 aliphatic rings. The van der Waals surface area contributed by atoms with Crippen LogP contribution in [0.5, 0.6) is 0 Å². The van der Waals surface area contributed by atoms with Crippen molar-refractivity contribution in [3.8, 4) is 0 Å². The minimum absolute atomic E-state index is 0.0607. The molecule has 0 bridgehead atoms. The molecule has 1 amide bonds. The van der Waals surface area contributed by atoms with Crippen LogP contribution in [-0.2, 0) is 10.0 Å². The first-order chi connectivity index (χ1) is 15.0. The van der Waals surface area contributed by atoms with Crippen molar-refractivity contribution in [3.05, 3.63) is 46.2 Å². The van der Waals surface area contributed by atoms with Crippen molar-refractivity contribution >= 4 is 33.0 Å². The summed E-state index contributed by atoms with van der Waals surface area (Å²) in [4.78, 5) is 16.7. The average Bonchev–Trinajstić information content (AvgIpc) is 3.56. The molecule has 1 N–H and O–H groups in total. The van der Waals surface area contributed by atoms with Gasteiger partial charge in [-0.2, -0.15) is 4.31 Å². The van der Waals surface area contributed by atoms with Crippen molar-refractivity contribution in [1.29, 1.82) is 0 Å². The highest BCUT2D eigenvalue weighted by Gasteiger charge is 2.32. The van der Waals surface area contributed by atoms with E-state index in [1.165, 1.54) is 0 Å². The van der Waals surface area contributed by atoms with Crippen molar-refractivity contribution in [2.24, 2.45) is 0 Å². The summed E-state index contributed by atoms with van der Waals surface area (Å²) in [6.07, 6.45) is 5.69. The van der Waals surface area contributed by atoms with Gasteiger partial charge in [-0.25, -0.2) is 8.42 Å². The molecule has 8 heteroatoms. The number of carbonyl (C=O) groups is 1. The maximum Gasteiger partial charge on any atom is 0.251 e. The number of hydrogen-bond acceptors (Lipinski definition) is 5. The number of rotatable bonds is 8. The lowest BCUT2D eigenvalue weighted by molar-refractivity contribution is 0.0935. The number of carbonyl (C=O) groups excluding carboxylic acids is 1. The summed E-state index contributed by atoms with van der Waals surface area (Å²) in [5, 5.41) is 5.13. The third kappa shape index (κ3) is 4.81. The van der Waals surface area contributed by atoms with Gasteiger partial charge in [0, 0.05) is 36.6 Å². The van der Waals surface area contributed by atoms with Crippen LogP contribution in [0, 0.1) is 0 Å². The fourth-order valence-corrected chi connectivity index (χ4v) is 7.02. The lowest BCUT2D eigenvalue weighted by Gasteiger charge is -2.25. The van der Waals surface area contributed by atoms with Gasteiger partial charge < -0.3 is 10.2 Å². The number of nitrogens with zero attached hydrogens (tertiary/aromatic N) is 2. The Morgan fingerprint density at radius 2 is 1.81 bits per heavy atom. The van der Waals surface area contributed by atoms with Crippen LogP contribution < -0.4 is 10.2 Å². The highest BCUT2D eigenvalue weighted by Crippen LogP contribution is 2.33. The molecule has 0 aliphatic carbocycles. The van der Waals surface area contributed by atoms with Crippen molar-refractivity contribution in [1.82, 2.24) is 9.62 Å². The second-order valence-corrected chi connectivity index (χ2v) is 11.2. The highest BCUT2D eigenvalue weighted by atomic mass is 32.2. The molecule has 0 radical (unpaired) electrons. The van der Waals surface area contributed by atoms with Crippen LogP contribution in [0.1, 0.15) is 66.7 Å². The van der Waals surface area contributed by atoms with Gasteiger partial charge in [0.2, 0.25) is 10.0 Å². The normalized spacial score (nSPS) is 18.4. The minimum atomic E-state index is -3.63. The lowest BCUT2D eigenvalue weighted by atomic mass is 10.1. The molecule has 1 aromatic carbocycles. The number of benzene rings is 1. The van der Waals surface area contributed by atoms with Gasteiger partial charge in [-0.3, -0.25) is 4.79 Å². The number of amides is 1. The molecule has 1 atom stereocenters. The smallest absolute Gasteiger partial charge is 0.251 e. The number of thiophene rings is 1. The first-order valence-electron chi connectivity index (χ1n) is 11.2. The van der Waals surface area contributed by atoms with E-state index in [1.807, 2.05) is 23.6 Å². The minimum Gasteiger partial charge on any atom is -0.370 e. The van der Waals surface area contributed by atoms with E-state index in [0.29, 0.717) is 18.7 Å². The molecule has 0 spiro atoms. The maximum absolute atomic E-state index is 13.5. The van der Waals surface area contributed by atoms with Crippen LogP contribution in [0.3, 0.4) is 0 Å². The number of sulfonamides is 1. The van der Waals surface area contributed by atoms with Gasteiger partial charge in [-0.1, -0.05) is 19.4 Å². The van der Waals surface area contributed by atoms with Gasteiger partial charge in [0.05, 0.1) is 11.7 Å². The van der Waals surface area contributed by atoms with Crippen molar-refractivity contribution < 1.29 is 13.2 Å². The third-order valence-electron chi connectivity index (χ3n) is 6.12. The predicted octanol–water partition coefficient (Wildman–Crippen LogP) is 4.40. The summed E-state index contributed by atoms with van der Waals surface area (Å²) in [5.41, 5.74) is 1.13. The fourth-order valence-electron chi connectivity index (χ4n) is 4.45. The third-order valence-corrected chi connectivity index (χ3v) is 9.03. The largest absolute Gasteiger partial charge is 0.370 e. The molecular formula is C23H31N3O3S2. The SMILES string of the molecule is CCC[C@@H](NC(=O)c1ccc(N2CCCC2)c(S(=O)(=O)N2CCCC2)c1)c1cccs1. The summed E-state index contributed by atoms with van der Waals surface area (Å²) in [5.74, 6) is -0.224. The van der Waals surface area contributed by atoms with E-state index in [1.54, 1.807) is 27.8 Å². The average molecular weight is 462 g/mol. The summed E-state index contributed by atoms with van der Waals surface area (Å²) in [6.45, 7) is 4.90. The second kappa shape index (κ2) is 9.71. The van der Waals surface area contributed by atoms with E-state index >= 15 is 0 Å². The molecule has 1 aromatic heterocycles. The van der Waals surface area contributed by atoms with Crippen molar-refractivity contribution in [2.45, 2.75) is 56.4 Å². The van der Waals surface area contributed by atoms with Gasteiger partial charge in [-0.15, -0.1) is 11.3 Å². The Labute approximate surface area is 189 Å². The molecule has 2 aromatic rings. The Balaban J connectivity index is 1.66. The standard InChI is InChI=1S/C23H31N3O3S2/c1-2-8-19(21-9-7-16-30-21)24-23(27)18-10-11-20(25-12-3-4-13-25)22(17-18)31(28,29)26-14-5-6-15-26/h7,9-11,16-17,19H,2-6,8,12-15H2,1H3,(H,24,27)/t19-/m1/s1. The predicted molar refractivity (Wildman–Crippen MR) is 125 cm³/mol. The van der Waals surface area contributed by atoms with Gasteiger partial charge >= 0.3 is 0 Å². The van der Waals surface area contributed by atoms with Crippen LogP contribution in [0.25, 0.3) is 0 Å². The fraction of sp³-hybridized carbons (Fsp3) is 0.522. The molecule has 2 saturated heterocycles. The summed E-state index contributed by atoms with van der Waals surface area (Å²) >= 11 is 1.63. The van der Waals surface area contributed by atoms with Crippen LogP contribution in [0.2, 0.25) is 0 Å². The van der Waals surface area contributed by atoms with Gasteiger partial charge in [-0.05, 0) is 61.7 Å². The molecular weight excluding hydrogens is 430 g/mol. The van der Waals surface area contributed by atoms with Gasteiger partial charge in [0.25, 0.3) is 5.91 Å². The van der Waals surface area contributed by atoms with E-state index in [2.05, 4.69) is 17.1 Å². The van der Waals surface area contributed by atoms with Crippen LogP contribution in [0.15, 0.2) is 40.6 Å². The highest BCUT2D eigenvalue weighted by molar-refractivity contribution is 7.89. The molecule has 31 heavy (non-hydrogen) atoms. The van der Waals surface area contributed by atoms with E-state index in [9.17, 15) is 13.2 Å². The van der Waals surface area contributed by atoms with E-state index < -0.39 is 10.0 Å². The van der Waals surface area contributed by atoms with E-state index in [0.717, 1.165) is 62.2 Å². The maximum atomic E-state index is 13.5. The Bertz CT molecular complexity index is 993. The zero-order valence-corrected chi connectivity index (χ0v) is 19.7. The summed E-state index contributed by atoms with van der Waals surface area (Å²) in [6, 6.07) is 9.14. The first kappa shape index (κ1) is 22.3. The first-order valence-corrected chi connectivity index (χ1v) is 13.6. The zero-order chi connectivity index (χ0) is 21.8. The van der Waals surface area contributed by atoms with Gasteiger partial charge in [0.1, 0.15) is 4.90 Å². The molecule has 0 unspecified atom stereocenters. The monoisotopic (exact) mass is 461 g/mol. The van der Waals surface area contributed by atoms with Crippen molar-refractivity contribution in [2.75, 3.05) is 31.1 Å². The lowest BCUT2D eigenvalue weighted by Crippen LogP contribution is -2.31. The summed E-state index contributed by atoms with van der Waals surface area (Å²) in [7, 11) is -3.63. The zero-order valence-electron chi connectivity index (χ0n) is 18.0. The quantitative estimate of drug-likeness (QED) is 0.632. The van der Waals surface area contributed by atoms with Gasteiger partial charge in [0.15, 0.2) is 0 Å². The van der Waals surface area contributed by atoms with E-state index in [-0.39, 0.29) is 16.8 Å². The second-order valence-electron chi connectivity index (χ2n) is 8.32. The number of hydrogen-bond donors (Lipinski definition) is 1. The Hall–Kier alpha value is -1.90. The number of nitrogens with one attached hydrogen (secondary N) is 1. The topological polar surface area (TPSA) is 69.7 Å². The Morgan fingerprint density at radius 3 is 2.45 bits per heavy atom. The molecule has 3 heterocycles. The molecule has 6 nitrogen and oxygen atoms in total. The van der Waals surface area contributed by atoms with E-state index in [4.69, 9.17) is 0 Å².